The number of esters is 1. The fraction of sp³-hybridized carbons (Fsp3) is 0.222. The quantitative estimate of drug-likeness (QED) is 0.601. The van der Waals surface area contributed by atoms with Crippen molar-refractivity contribution in [2.24, 2.45) is 0 Å². The molecule has 0 bridgehead atoms. The van der Waals surface area contributed by atoms with Crippen LogP contribution in [0, 0.1) is 0 Å². The Morgan fingerprint density at radius 3 is 2.53 bits per heavy atom. The van der Waals surface area contributed by atoms with Gasteiger partial charge in [0.25, 0.3) is 0 Å². The Bertz CT molecular complexity index is 409. The van der Waals surface area contributed by atoms with E-state index in [1.165, 1.54) is 19.2 Å². The number of rotatable bonds is 3. The fourth-order valence-electron chi connectivity index (χ4n) is 1.19. The normalized spacial score (nSPS) is 11.1. The number of carbonyl (C=O) groups is 1. The molecule has 0 radical (unpaired) electrons. The second-order valence-corrected chi connectivity index (χ2v) is 4.62. The van der Waals surface area contributed by atoms with Crippen LogP contribution in [0.3, 0.4) is 0 Å². The van der Waals surface area contributed by atoms with Gasteiger partial charge in [-0.2, -0.15) is 0 Å². The van der Waals surface area contributed by atoms with Crippen molar-refractivity contribution < 1.29 is 23.9 Å². The summed E-state index contributed by atoms with van der Waals surface area (Å²) in [5, 5.41) is 0. The molecule has 1 aromatic carbocycles. The van der Waals surface area contributed by atoms with Crippen LogP contribution in [0.15, 0.2) is 24.3 Å². The van der Waals surface area contributed by atoms with Crippen LogP contribution in [0.25, 0.3) is 0 Å². The predicted octanol–water partition coefficient (Wildman–Crippen LogP) is 1.15. The average molecular weight is 230 g/mol. The monoisotopic (exact) mass is 230 g/mol. The van der Waals surface area contributed by atoms with E-state index in [0.29, 0.717) is 0 Å². The van der Waals surface area contributed by atoms with Crippen LogP contribution in [0.5, 0.6) is 0 Å². The minimum absolute atomic E-state index is 0.184. The van der Waals surface area contributed by atoms with Gasteiger partial charge >= 0.3 is 13.6 Å². The molecule has 0 amide bonds. The lowest BCUT2D eigenvalue weighted by Gasteiger charge is -2.08. The van der Waals surface area contributed by atoms with E-state index in [1.807, 2.05) is 0 Å². The van der Waals surface area contributed by atoms with Crippen LogP contribution in [0.2, 0.25) is 0 Å². The van der Waals surface area contributed by atoms with E-state index in [9.17, 15) is 9.36 Å². The molecular weight excluding hydrogens is 219 g/mol. The SMILES string of the molecule is COC(=O)c1ccccc1CP(=O)(O)O. The highest BCUT2D eigenvalue weighted by Crippen LogP contribution is 2.39. The highest BCUT2D eigenvalue weighted by molar-refractivity contribution is 7.50. The van der Waals surface area contributed by atoms with Gasteiger partial charge in [-0.15, -0.1) is 0 Å². The lowest BCUT2D eigenvalue weighted by atomic mass is 10.1. The first-order valence-corrected chi connectivity index (χ1v) is 5.94. The molecule has 0 spiro atoms. The topological polar surface area (TPSA) is 83.8 Å². The molecule has 0 unspecified atom stereocenters. The molecule has 1 aromatic rings. The van der Waals surface area contributed by atoms with Crippen LogP contribution >= 0.6 is 7.60 Å². The second-order valence-electron chi connectivity index (χ2n) is 2.97. The molecular formula is C9H11O5P. The smallest absolute Gasteiger partial charge is 0.338 e. The minimum atomic E-state index is -4.17. The van der Waals surface area contributed by atoms with Crippen LogP contribution in [0.4, 0.5) is 0 Å². The van der Waals surface area contributed by atoms with Crippen molar-refractivity contribution in [1.29, 1.82) is 0 Å². The number of ether oxygens (including phenoxy) is 1. The zero-order valence-electron chi connectivity index (χ0n) is 8.08. The van der Waals surface area contributed by atoms with Gasteiger partial charge in [0.1, 0.15) is 0 Å². The summed E-state index contributed by atoms with van der Waals surface area (Å²) in [6, 6.07) is 6.18. The standard InChI is InChI=1S/C9H11O5P/c1-14-9(10)8-5-3-2-4-7(8)6-15(11,12)13/h2-5H,6H2,1H3,(H2,11,12,13). The van der Waals surface area contributed by atoms with E-state index >= 15 is 0 Å². The molecule has 0 aliphatic rings. The van der Waals surface area contributed by atoms with Crippen molar-refractivity contribution in [2.75, 3.05) is 7.11 Å². The van der Waals surface area contributed by atoms with Gasteiger partial charge in [-0.25, -0.2) is 4.79 Å². The summed E-state index contributed by atoms with van der Waals surface area (Å²) in [6.45, 7) is 0. The van der Waals surface area contributed by atoms with E-state index in [0.717, 1.165) is 0 Å². The zero-order chi connectivity index (χ0) is 11.5. The zero-order valence-corrected chi connectivity index (χ0v) is 8.98. The number of hydrogen-bond donors (Lipinski definition) is 2. The summed E-state index contributed by atoms with van der Waals surface area (Å²) < 4.78 is 15.3. The van der Waals surface area contributed by atoms with Gasteiger partial charge < -0.3 is 14.5 Å². The molecule has 15 heavy (non-hydrogen) atoms. The molecule has 0 aromatic heterocycles. The maximum atomic E-state index is 11.2. The summed E-state index contributed by atoms with van der Waals surface area (Å²) in [7, 11) is -2.95. The summed E-state index contributed by atoms with van der Waals surface area (Å²) >= 11 is 0. The molecule has 1 rings (SSSR count). The lowest BCUT2D eigenvalue weighted by molar-refractivity contribution is 0.0600. The third kappa shape index (κ3) is 3.47. The van der Waals surface area contributed by atoms with Gasteiger partial charge in [-0.05, 0) is 11.6 Å². The van der Waals surface area contributed by atoms with Crippen LogP contribution in [-0.2, 0) is 15.5 Å². The van der Waals surface area contributed by atoms with Gasteiger partial charge in [0.15, 0.2) is 0 Å². The summed E-state index contributed by atoms with van der Waals surface area (Å²) in [5.41, 5.74) is 0.473. The summed E-state index contributed by atoms with van der Waals surface area (Å²) in [4.78, 5) is 28.9. The first-order valence-electron chi connectivity index (χ1n) is 4.15. The minimum Gasteiger partial charge on any atom is -0.465 e. The lowest BCUT2D eigenvalue weighted by Crippen LogP contribution is -2.05. The van der Waals surface area contributed by atoms with Gasteiger partial charge in [-0.3, -0.25) is 4.57 Å². The molecule has 0 aliphatic heterocycles. The molecule has 0 saturated heterocycles. The number of methoxy groups -OCH3 is 1. The Labute approximate surface area is 86.9 Å². The van der Waals surface area contributed by atoms with E-state index in [4.69, 9.17) is 9.79 Å². The van der Waals surface area contributed by atoms with Crippen molar-refractivity contribution in [3.63, 3.8) is 0 Å². The van der Waals surface area contributed by atoms with Crippen molar-refractivity contribution in [2.45, 2.75) is 6.16 Å². The summed E-state index contributed by atoms with van der Waals surface area (Å²) in [6.07, 6.45) is -0.460. The van der Waals surface area contributed by atoms with E-state index in [1.54, 1.807) is 12.1 Å². The Morgan fingerprint density at radius 2 is 2.00 bits per heavy atom. The van der Waals surface area contributed by atoms with Gasteiger partial charge in [0.05, 0.1) is 18.8 Å². The Hall–Kier alpha value is -1.16. The van der Waals surface area contributed by atoms with Gasteiger partial charge in [-0.1, -0.05) is 18.2 Å². The number of benzene rings is 1. The predicted molar refractivity (Wildman–Crippen MR) is 53.5 cm³/mol. The molecule has 0 atom stereocenters. The van der Waals surface area contributed by atoms with Crippen LogP contribution in [0.1, 0.15) is 15.9 Å². The van der Waals surface area contributed by atoms with Gasteiger partial charge in [0, 0.05) is 0 Å². The fourth-order valence-corrected chi connectivity index (χ4v) is 1.91. The number of hydrogen-bond acceptors (Lipinski definition) is 3. The van der Waals surface area contributed by atoms with E-state index in [-0.39, 0.29) is 11.1 Å². The van der Waals surface area contributed by atoms with Crippen molar-refractivity contribution in [3.8, 4) is 0 Å². The maximum Gasteiger partial charge on any atom is 0.338 e. The van der Waals surface area contributed by atoms with E-state index < -0.39 is 19.7 Å². The third-order valence-electron chi connectivity index (χ3n) is 1.80. The highest BCUT2D eigenvalue weighted by Gasteiger charge is 2.19. The van der Waals surface area contributed by atoms with Crippen LogP contribution in [-0.4, -0.2) is 22.9 Å². The van der Waals surface area contributed by atoms with Crippen molar-refractivity contribution >= 4 is 13.6 Å². The highest BCUT2D eigenvalue weighted by atomic mass is 31.2. The van der Waals surface area contributed by atoms with Crippen LogP contribution < -0.4 is 0 Å². The third-order valence-corrected chi connectivity index (χ3v) is 2.55. The van der Waals surface area contributed by atoms with Crippen molar-refractivity contribution in [3.05, 3.63) is 35.4 Å². The van der Waals surface area contributed by atoms with E-state index in [2.05, 4.69) is 4.74 Å². The van der Waals surface area contributed by atoms with Crippen molar-refractivity contribution in [1.82, 2.24) is 0 Å². The first-order chi connectivity index (χ1) is 6.94. The second kappa shape index (κ2) is 4.57. The average Bonchev–Trinajstić information content (AvgIpc) is 2.15. The molecule has 6 heteroatoms. The molecule has 0 heterocycles. The molecule has 5 nitrogen and oxygen atoms in total. The first kappa shape index (κ1) is 11.9. The number of carbonyl (C=O) groups excluding carboxylic acids is 1. The molecule has 0 saturated carbocycles. The molecule has 0 aliphatic carbocycles. The maximum absolute atomic E-state index is 11.2. The molecule has 0 fully saturated rings. The van der Waals surface area contributed by atoms with Gasteiger partial charge in [0.2, 0.25) is 0 Å². The summed E-state index contributed by atoms with van der Waals surface area (Å²) in [5.74, 6) is -0.598. The Morgan fingerprint density at radius 1 is 1.40 bits per heavy atom. The molecule has 82 valence electrons. The molecule has 2 N–H and O–H groups in total. The Kier molecular flexibility index (Phi) is 3.63. The Balaban J connectivity index is 3.07. The largest absolute Gasteiger partial charge is 0.465 e.